The highest BCUT2D eigenvalue weighted by atomic mass is 19.4. The van der Waals surface area contributed by atoms with Crippen molar-refractivity contribution in [3.8, 4) is 0 Å². The van der Waals surface area contributed by atoms with E-state index in [-0.39, 0.29) is 19.0 Å². The molecule has 0 atom stereocenters. The van der Waals surface area contributed by atoms with E-state index in [0.717, 1.165) is 29.9 Å². The number of nitrogens with zero attached hydrogens (tertiary/aromatic N) is 4. The van der Waals surface area contributed by atoms with Gasteiger partial charge in [-0.2, -0.15) is 18.3 Å². The lowest BCUT2D eigenvalue weighted by molar-refractivity contribution is -0.137. The molecule has 0 unspecified atom stereocenters. The Morgan fingerprint density at radius 3 is 2.55 bits per heavy atom. The Kier molecular flexibility index (Phi) is 8.47. The van der Waals surface area contributed by atoms with Crippen LogP contribution in [0.5, 0.6) is 0 Å². The lowest BCUT2D eigenvalue weighted by atomic mass is 10.1. The van der Waals surface area contributed by atoms with Crippen molar-refractivity contribution in [3.05, 3.63) is 52.8 Å². The third kappa shape index (κ3) is 7.95. The number of carbonyl (C=O) groups excluding carboxylic acids is 1. The Labute approximate surface area is 180 Å². The summed E-state index contributed by atoms with van der Waals surface area (Å²) in [5.74, 6) is 0.220. The first kappa shape index (κ1) is 24.2. The third-order valence-electron chi connectivity index (χ3n) is 4.52. The standard InChI is InChI=1S/C21H29F3N6O/c1-15-11-16(2)30(28-15)10-6-9-25-20(27-14-19(31)29(3)4)26-13-17-7-5-8-18(12-17)21(22,23)24/h5,7-8,11-12H,6,9-10,13-14H2,1-4H3,(H2,25,26,27). The zero-order valence-electron chi connectivity index (χ0n) is 18.3. The van der Waals surface area contributed by atoms with Crippen LogP contribution in [0.25, 0.3) is 0 Å². The smallest absolute Gasteiger partial charge is 0.356 e. The number of carbonyl (C=O) groups is 1. The van der Waals surface area contributed by atoms with Crippen molar-refractivity contribution in [2.45, 2.75) is 39.5 Å². The van der Waals surface area contributed by atoms with Crippen molar-refractivity contribution < 1.29 is 18.0 Å². The van der Waals surface area contributed by atoms with E-state index in [9.17, 15) is 18.0 Å². The number of aliphatic imine (C=N–C) groups is 1. The van der Waals surface area contributed by atoms with Crippen LogP contribution < -0.4 is 10.6 Å². The van der Waals surface area contributed by atoms with Crippen LogP contribution in [0.2, 0.25) is 0 Å². The second-order valence-corrected chi connectivity index (χ2v) is 7.44. The van der Waals surface area contributed by atoms with E-state index in [0.29, 0.717) is 24.6 Å². The highest BCUT2D eigenvalue weighted by Gasteiger charge is 2.30. The highest BCUT2D eigenvalue weighted by Crippen LogP contribution is 2.29. The van der Waals surface area contributed by atoms with Crippen molar-refractivity contribution in [3.63, 3.8) is 0 Å². The topological polar surface area (TPSA) is 74.6 Å². The molecule has 0 aliphatic rings. The molecule has 1 aromatic carbocycles. The molecule has 1 heterocycles. The largest absolute Gasteiger partial charge is 0.416 e. The van der Waals surface area contributed by atoms with E-state index < -0.39 is 11.7 Å². The molecule has 0 bridgehead atoms. The molecule has 0 aliphatic heterocycles. The van der Waals surface area contributed by atoms with Gasteiger partial charge in [0, 0.05) is 32.9 Å². The van der Waals surface area contributed by atoms with E-state index in [1.54, 1.807) is 20.2 Å². The molecule has 0 aliphatic carbocycles. The van der Waals surface area contributed by atoms with Gasteiger partial charge in [0.15, 0.2) is 5.96 Å². The summed E-state index contributed by atoms with van der Waals surface area (Å²) in [7, 11) is 3.29. The number of aryl methyl sites for hydroxylation is 3. The summed E-state index contributed by atoms with van der Waals surface area (Å²) in [6.45, 7) is 5.27. The Morgan fingerprint density at radius 2 is 1.94 bits per heavy atom. The number of alkyl halides is 3. The Hall–Kier alpha value is -3.04. The maximum Gasteiger partial charge on any atom is 0.416 e. The van der Waals surface area contributed by atoms with Crippen LogP contribution >= 0.6 is 0 Å². The first-order chi connectivity index (χ1) is 14.6. The molecule has 31 heavy (non-hydrogen) atoms. The molecule has 170 valence electrons. The monoisotopic (exact) mass is 438 g/mol. The molecule has 1 aromatic heterocycles. The van der Waals surface area contributed by atoms with Crippen molar-refractivity contribution in [1.82, 2.24) is 25.3 Å². The van der Waals surface area contributed by atoms with Gasteiger partial charge in [0.1, 0.15) is 0 Å². The van der Waals surface area contributed by atoms with Crippen LogP contribution in [0, 0.1) is 13.8 Å². The van der Waals surface area contributed by atoms with Crippen LogP contribution in [-0.2, 0) is 24.1 Å². The molecule has 0 saturated carbocycles. The number of amides is 1. The minimum Gasteiger partial charge on any atom is -0.356 e. The van der Waals surface area contributed by atoms with E-state index in [1.165, 1.54) is 11.0 Å². The average molecular weight is 438 g/mol. The molecule has 2 N–H and O–H groups in total. The molecular formula is C21H29F3N6O. The van der Waals surface area contributed by atoms with Gasteiger partial charge in [-0.25, -0.2) is 4.99 Å². The molecule has 2 aromatic rings. The maximum absolute atomic E-state index is 12.9. The summed E-state index contributed by atoms with van der Waals surface area (Å²) >= 11 is 0. The number of likely N-dealkylation sites (N-methyl/N-ethyl adjacent to an activating group) is 1. The summed E-state index contributed by atoms with van der Waals surface area (Å²) in [5.41, 5.74) is 1.75. The minimum atomic E-state index is -4.40. The molecule has 0 saturated heterocycles. The number of rotatable bonds is 8. The number of aromatic nitrogens is 2. The minimum absolute atomic E-state index is 0.0267. The number of halogens is 3. The van der Waals surface area contributed by atoms with Gasteiger partial charge in [0.25, 0.3) is 0 Å². The zero-order chi connectivity index (χ0) is 23.0. The van der Waals surface area contributed by atoms with E-state index in [1.807, 2.05) is 24.6 Å². The van der Waals surface area contributed by atoms with Crippen molar-refractivity contribution >= 4 is 11.9 Å². The number of hydrogen-bond donors (Lipinski definition) is 2. The summed E-state index contributed by atoms with van der Waals surface area (Å²) in [4.78, 5) is 17.7. The van der Waals surface area contributed by atoms with Crippen LogP contribution in [0.15, 0.2) is 35.3 Å². The predicted molar refractivity (Wildman–Crippen MR) is 114 cm³/mol. The molecule has 1 amide bonds. The van der Waals surface area contributed by atoms with Crippen molar-refractivity contribution in [2.75, 3.05) is 27.2 Å². The van der Waals surface area contributed by atoms with Gasteiger partial charge in [0.05, 0.1) is 24.3 Å². The first-order valence-corrected chi connectivity index (χ1v) is 9.96. The molecular weight excluding hydrogens is 409 g/mol. The normalized spacial score (nSPS) is 12.0. The van der Waals surface area contributed by atoms with Crippen molar-refractivity contribution in [1.29, 1.82) is 0 Å². The number of nitrogens with one attached hydrogen (secondary N) is 2. The summed E-state index contributed by atoms with van der Waals surface area (Å²) in [5, 5.41) is 10.5. The van der Waals surface area contributed by atoms with Crippen LogP contribution in [0.3, 0.4) is 0 Å². The van der Waals surface area contributed by atoms with E-state index in [4.69, 9.17) is 0 Å². The Bertz CT molecular complexity index is 905. The van der Waals surface area contributed by atoms with E-state index >= 15 is 0 Å². The van der Waals surface area contributed by atoms with Crippen LogP contribution in [0.1, 0.15) is 28.9 Å². The van der Waals surface area contributed by atoms with Gasteiger partial charge >= 0.3 is 6.18 Å². The van der Waals surface area contributed by atoms with Gasteiger partial charge < -0.3 is 15.5 Å². The van der Waals surface area contributed by atoms with Gasteiger partial charge in [-0.1, -0.05) is 12.1 Å². The molecule has 0 spiro atoms. The Balaban J connectivity index is 1.99. The van der Waals surface area contributed by atoms with Crippen LogP contribution in [0.4, 0.5) is 13.2 Å². The lowest BCUT2D eigenvalue weighted by Crippen LogP contribution is -2.43. The second kappa shape index (κ2) is 10.8. The average Bonchev–Trinajstić information content (AvgIpc) is 3.02. The fraction of sp³-hybridized carbons (Fsp3) is 0.476. The summed E-state index contributed by atoms with van der Waals surface area (Å²) in [6.07, 6.45) is -3.64. The quantitative estimate of drug-likeness (QED) is 0.378. The van der Waals surface area contributed by atoms with E-state index in [2.05, 4.69) is 20.7 Å². The van der Waals surface area contributed by atoms with Crippen LogP contribution in [-0.4, -0.2) is 53.7 Å². The number of benzene rings is 1. The van der Waals surface area contributed by atoms with Crippen molar-refractivity contribution in [2.24, 2.45) is 4.99 Å². The molecule has 0 radical (unpaired) electrons. The zero-order valence-corrected chi connectivity index (χ0v) is 18.3. The summed E-state index contributed by atoms with van der Waals surface area (Å²) in [6, 6.07) is 7.06. The predicted octanol–water partition coefficient (Wildman–Crippen LogP) is 2.73. The lowest BCUT2D eigenvalue weighted by Gasteiger charge is -2.15. The number of guanidine groups is 1. The van der Waals surface area contributed by atoms with Gasteiger partial charge in [-0.05, 0) is 44.0 Å². The highest BCUT2D eigenvalue weighted by molar-refractivity contribution is 5.86. The molecule has 0 fully saturated rings. The fourth-order valence-corrected chi connectivity index (χ4v) is 2.85. The Morgan fingerprint density at radius 1 is 1.19 bits per heavy atom. The van der Waals surface area contributed by atoms with Gasteiger partial charge in [0.2, 0.25) is 5.91 Å². The molecule has 2 rings (SSSR count). The maximum atomic E-state index is 12.9. The second-order valence-electron chi connectivity index (χ2n) is 7.44. The molecule has 7 nitrogen and oxygen atoms in total. The van der Waals surface area contributed by atoms with Gasteiger partial charge in [-0.15, -0.1) is 0 Å². The SMILES string of the molecule is Cc1cc(C)n(CCCNC(=NCc2cccc(C(F)(F)F)c2)NCC(=O)N(C)C)n1. The third-order valence-corrected chi connectivity index (χ3v) is 4.52. The fourth-order valence-electron chi connectivity index (χ4n) is 2.85. The van der Waals surface area contributed by atoms with Gasteiger partial charge in [-0.3, -0.25) is 9.48 Å². The molecule has 10 heteroatoms. The number of hydrogen-bond acceptors (Lipinski definition) is 3. The first-order valence-electron chi connectivity index (χ1n) is 9.96. The summed E-state index contributed by atoms with van der Waals surface area (Å²) < 4.78 is 40.7.